The molecule has 2 amide bonds. The highest BCUT2D eigenvalue weighted by molar-refractivity contribution is 5.94. The van der Waals surface area contributed by atoms with Crippen LogP contribution >= 0.6 is 0 Å². The van der Waals surface area contributed by atoms with Crippen LogP contribution in [0, 0.1) is 0 Å². The minimum absolute atomic E-state index is 0.00879. The molecule has 0 bridgehead atoms. The highest BCUT2D eigenvalue weighted by atomic mass is 16.6. The van der Waals surface area contributed by atoms with Crippen LogP contribution in [0.15, 0.2) is 54.6 Å². The molecular formula is C19H18N2O5. The number of ether oxygens (including phenoxy) is 2. The van der Waals surface area contributed by atoms with E-state index in [4.69, 9.17) is 4.74 Å². The Labute approximate surface area is 150 Å². The van der Waals surface area contributed by atoms with E-state index in [2.05, 4.69) is 10.1 Å². The van der Waals surface area contributed by atoms with E-state index < -0.39 is 24.2 Å². The minimum atomic E-state index is -1.16. The second-order valence-corrected chi connectivity index (χ2v) is 5.80. The molecule has 2 N–H and O–H groups in total. The molecule has 0 aliphatic carbocycles. The SMILES string of the molecule is O=C(NC(=O)OC(=O)[C@@H]1Cc2ccccc2CN1)OCc1ccccc1. The van der Waals surface area contributed by atoms with Crippen molar-refractivity contribution in [3.63, 3.8) is 0 Å². The van der Waals surface area contributed by atoms with Gasteiger partial charge in [0, 0.05) is 6.54 Å². The summed E-state index contributed by atoms with van der Waals surface area (Å²) in [5, 5.41) is 4.88. The van der Waals surface area contributed by atoms with Crippen molar-refractivity contribution in [1.82, 2.24) is 10.6 Å². The van der Waals surface area contributed by atoms with Gasteiger partial charge in [-0.1, -0.05) is 54.6 Å². The summed E-state index contributed by atoms with van der Waals surface area (Å²) in [4.78, 5) is 35.3. The van der Waals surface area contributed by atoms with E-state index in [9.17, 15) is 14.4 Å². The average molecular weight is 354 g/mol. The Bertz CT molecular complexity index is 807. The molecule has 134 valence electrons. The van der Waals surface area contributed by atoms with E-state index in [0.29, 0.717) is 13.0 Å². The number of nitrogens with one attached hydrogen (secondary N) is 2. The van der Waals surface area contributed by atoms with E-state index in [1.54, 1.807) is 24.3 Å². The Balaban J connectivity index is 1.44. The van der Waals surface area contributed by atoms with Crippen LogP contribution in [-0.4, -0.2) is 24.2 Å². The second-order valence-electron chi connectivity index (χ2n) is 5.80. The van der Waals surface area contributed by atoms with Crippen LogP contribution in [0.3, 0.4) is 0 Å². The molecule has 0 radical (unpaired) electrons. The number of hydrogen-bond donors (Lipinski definition) is 2. The van der Waals surface area contributed by atoms with Crippen LogP contribution in [0.5, 0.6) is 0 Å². The molecule has 0 fully saturated rings. The van der Waals surface area contributed by atoms with Crippen LogP contribution in [0.2, 0.25) is 0 Å². The lowest BCUT2D eigenvalue weighted by Gasteiger charge is -2.24. The highest BCUT2D eigenvalue weighted by Gasteiger charge is 2.27. The Hall–Kier alpha value is -3.19. The molecule has 0 spiro atoms. The Morgan fingerprint density at radius 1 is 0.962 bits per heavy atom. The summed E-state index contributed by atoms with van der Waals surface area (Å²) >= 11 is 0. The molecule has 26 heavy (non-hydrogen) atoms. The van der Waals surface area contributed by atoms with Gasteiger partial charge in [-0.2, -0.15) is 0 Å². The molecule has 1 atom stereocenters. The summed E-state index contributed by atoms with van der Waals surface area (Å²) in [5.41, 5.74) is 2.90. The lowest BCUT2D eigenvalue weighted by molar-refractivity contribution is -0.139. The molecule has 1 aliphatic heterocycles. The molecule has 0 aromatic heterocycles. The number of imide groups is 1. The fourth-order valence-electron chi connectivity index (χ4n) is 2.65. The first-order valence-electron chi connectivity index (χ1n) is 8.15. The summed E-state index contributed by atoms with van der Waals surface area (Å²) in [5.74, 6) is -0.743. The number of benzene rings is 2. The Kier molecular flexibility index (Phi) is 5.60. The van der Waals surface area contributed by atoms with Crippen molar-refractivity contribution in [2.75, 3.05) is 0 Å². The fraction of sp³-hybridized carbons (Fsp3) is 0.211. The summed E-state index contributed by atoms with van der Waals surface area (Å²) in [6.45, 7) is 0.519. The molecular weight excluding hydrogens is 336 g/mol. The van der Waals surface area contributed by atoms with Crippen molar-refractivity contribution in [3.05, 3.63) is 71.3 Å². The molecule has 2 aromatic rings. The number of alkyl carbamates (subject to hydrolysis) is 2. The predicted molar refractivity (Wildman–Crippen MR) is 92.0 cm³/mol. The van der Waals surface area contributed by atoms with Gasteiger partial charge in [0.25, 0.3) is 0 Å². The number of carbonyl (C=O) groups excluding carboxylic acids is 3. The van der Waals surface area contributed by atoms with E-state index in [1.165, 1.54) is 0 Å². The summed E-state index contributed by atoms with van der Waals surface area (Å²) in [6.07, 6.45) is -1.72. The Morgan fingerprint density at radius 2 is 1.65 bits per heavy atom. The quantitative estimate of drug-likeness (QED) is 0.649. The van der Waals surface area contributed by atoms with Gasteiger partial charge in [0.2, 0.25) is 0 Å². The van der Waals surface area contributed by atoms with Gasteiger partial charge in [0.1, 0.15) is 12.6 Å². The van der Waals surface area contributed by atoms with E-state index in [1.807, 2.05) is 35.6 Å². The maximum absolute atomic E-state index is 12.1. The van der Waals surface area contributed by atoms with Gasteiger partial charge in [-0.05, 0) is 23.1 Å². The van der Waals surface area contributed by atoms with Crippen molar-refractivity contribution in [2.45, 2.75) is 25.6 Å². The van der Waals surface area contributed by atoms with Gasteiger partial charge >= 0.3 is 18.2 Å². The average Bonchev–Trinajstić information content (AvgIpc) is 2.66. The number of rotatable bonds is 3. The largest absolute Gasteiger partial charge is 0.444 e. The normalized spacial score (nSPS) is 15.5. The molecule has 2 aromatic carbocycles. The zero-order valence-electron chi connectivity index (χ0n) is 13.9. The third-order valence-corrected chi connectivity index (χ3v) is 3.98. The van der Waals surface area contributed by atoms with E-state index >= 15 is 0 Å². The molecule has 7 heteroatoms. The number of esters is 1. The zero-order chi connectivity index (χ0) is 18.4. The Morgan fingerprint density at radius 3 is 2.42 bits per heavy atom. The van der Waals surface area contributed by atoms with Crippen molar-refractivity contribution < 1.29 is 23.9 Å². The highest BCUT2D eigenvalue weighted by Crippen LogP contribution is 2.16. The van der Waals surface area contributed by atoms with Gasteiger partial charge in [0.15, 0.2) is 0 Å². The van der Waals surface area contributed by atoms with Crippen LogP contribution in [-0.2, 0) is 33.8 Å². The maximum atomic E-state index is 12.1. The first-order chi connectivity index (χ1) is 12.6. The van der Waals surface area contributed by atoms with E-state index in [-0.39, 0.29) is 6.61 Å². The molecule has 1 heterocycles. The minimum Gasteiger partial charge on any atom is -0.444 e. The lowest BCUT2D eigenvalue weighted by Crippen LogP contribution is -2.45. The molecule has 1 aliphatic rings. The molecule has 0 saturated heterocycles. The van der Waals surface area contributed by atoms with Crippen molar-refractivity contribution >= 4 is 18.2 Å². The summed E-state index contributed by atoms with van der Waals surface area (Å²) in [6, 6.07) is 16.1. The van der Waals surface area contributed by atoms with Crippen LogP contribution in [0.1, 0.15) is 16.7 Å². The monoisotopic (exact) mass is 354 g/mol. The third-order valence-electron chi connectivity index (χ3n) is 3.98. The van der Waals surface area contributed by atoms with Gasteiger partial charge in [-0.15, -0.1) is 0 Å². The van der Waals surface area contributed by atoms with Gasteiger partial charge in [-0.25, -0.2) is 19.7 Å². The standard InChI is InChI=1S/C19H18N2O5/c22-17(16-10-14-8-4-5-9-15(14)11-20-16)26-19(24)21-18(23)25-12-13-6-2-1-3-7-13/h1-9,16,20H,10-12H2,(H,21,23,24)/t16-/m0/s1. The van der Waals surface area contributed by atoms with Gasteiger partial charge in [-0.3, -0.25) is 5.32 Å². The van der Waals surface area contributed by atoms with Crippen LogP contribution in [0.4, 0.5) is 9.59 Å². The number of hydrogen-bond acceptors (Lipinski definition) is 6. The van der Waals surface area contributed by atoms with Gasteiger partial charge < -0.3 is 9.47 Å². The molecule has 0 saturated carbocycles. The molecule has 0 unspecified atom stereocenters. The molecule has 3 rings (SSSR count). The zero-order valence-corrected chi connectivity index (χ0v) is 13.9. The van der Waals surface area contributed by atoms with Crippen LogP contribution in [0.25, 0.3) is 0 Å². The number of carbonyl (C=O) groups is 3. The summed E-state index contributed by atoms with van der Waals surface area (Å²) in [7, 11) is 0. The maximum Gasteiger partial charge on any atom is 0.424 e. The second kappa shape index (κ2) is 8.26. The van der Waals surface area contributed by atoms with Crippen molar-refractivity contribution in [3.8, 4) is 0 Å². The lowest BCUT2D eigenvalue weighted by atomic mass is 9.96. The van der Waals surface area contributed by atoms with Gasteiger partial charge in [0.05, 0.1) is 0 Å². The van der Waals surface area contributed by atoms with Crippen LogP contribution < -0.4 is 10.6 Å². The topological polar surface area (TPSA) is 93.7 Å². The first-order valence-corrected chi connectivity index (χ1v) is 8.15. The van der Waals surface area contributed by atoms with E-state index in [0.717, 1.165) is 16.7 Å². The first kappa shape index (κ1) is 17.6. The number of amides is 2. The predicted octanol–water partition coefficient (Wildman–Crippen LogP) is 2.29. The molecule has 7 nitrogen and oxygen atoms in total. The third kappa shape index (κ3) is 4.67. The van der Waals surface area contributed by atoms with Crippen molar-refractivity contribution in [1.29, 1.82) is 0 Å². The number of fused-ring (bicyclic) bond motifs is 1. The van der Waals surface area contributed by atoms with Crippen molar-refractivity contribution in [2.24, 2.45) is 0 Å². The summed E-state index contributed by atoms with van der Waals surface area (Å²) < 4.78 is 9.57. The fourth-order valence-corrected chi connectivity index (χ4v) is 2.65. The smallest absolute Gasteiger partial charge is 0.424 e.